The standard InChI is InChI=1S/C75H53N3Si/c1-8-29-55(30-9-1)75(56-31-10-2-11-32-56)68-47-24-22-44-65(68)66-51-50-61(53-69(66)75)76(57-33-12-3-13-34-57)60-39-26-28-54(52-60)64-46-27-49-71-72(64)79(62-40-18-6-19-41-62,63-42-20-7-21-43-63)73-67-45-23-25-48-70(67)77(58-35-14-4-15-36-58)74(73)78(71)59-37-16-5-17-38-59/h1-53H. The van der Waals surface area contributed by atoms with Crippen LogP contribution in [-0.4, -0.2) is 12.6 Å². The Labute approximate surface area is 462 Å². The van der Waals surface area contributed by atoms with Gasteiger partial charge in [-0.05, 0) is 133 Å². The van der Waals surface area contributed by atoms with E-state index in [1.807, 2.05) is 0 Å². The van der Waals surface area contributed by atoms with E-state index in [2.05, 4.69) is 336 Å². The molecule has 2 aliphatic rings. The molecule has 1 aliphatic carbocycles. The Morgan fingerprint density at radius 2 is 0.823 bits per heavy atom. The molecule has 0 saturated carbocycles. The maximum Gasteiger partial charge on any atom is 0.187 e. The summed E-state index contributed by atoms with van der Waals surface area (Å²) in [4.78, 5) is 5.02. The van der Waals surface area contributed by atoms with E-state index < -0.39 is 13.5 Å². The van der Waals surface area contributed by atoms with Gasteiger partial charge in [-0.15, -0.1) is 0 Å². The first-order valence-corrected chi connectivity index (χ1v) is 29.3. The predicted molar refractivity (Wildman–Crippen MR) is 333 cm³/mol. The molecule has 0 saturated heterocycles. The van der Waals surface area contributed by atoms with Gasteiger partial charge in [0.1, 0.15) is 5.82 Å². The number of anilines is 6. The van der Waals surface area contributed by atoms with Gasteiger partial charge in [-0.25, -0.2) is 0 Å². The van der Waals surface area contributed by atoms with E-state index in [9.17, 15) is 0 Å². The summed E-state index contributed by atoms with van der Waals surface area (Å²) in [6.45, 7) is 0. The molecule has 0 bridgehead atoms. The van der Waals surface area contributed by atoms with Gasteiger partial charge in [-0.2, -0.15) is 0 Å². The quantitative estimate of drug-likeness (QED) is 0.127. The summed E-state index contributed by atoms with van der Waals surface area (Å²) < 4.78 is 2.53. The first-order valence-electron chi connectivity index (χ1n) is 27.3. The van der Waals surface area contributed by atoms with Crippen LogP contribution in [0.1, 0.15) is 22.3 Å². The highest BCUT2D eigenvalue weighted by molar-refractivity contribution is 7.23. The van der Waals surface area contributed by atoms with E-state index in [0.717, 1.165) is 34.0 Å². The van der Waals surface area contributed by atoms with Gasteiger partial charge in [0.2, 0.25) is 0 Å². The second kappa shape index (κ2) is 18.9. The van der Waals surface area contributed by atoms with Gasteiger partial charge in [-0.3, -0.25) is 9.47 Å². The molecular formula is C75H53N3Si. The molecular weight excluding hydrogens is 971 g/mol. The fourth-order valence-corrected chi connectivity index (χ4v) is 19.1. The lowest BCUT2D eigenvalue weighted by atomic mass is 9.67. The third kappa shape index (κ3) is 7.05. The summed E-state index contributed by atoms with van der Waals surface area (Å²) in [6, 6.07) is 120. The molecule has 15 rings (SSSR count). The van der Waals surface area contributed by atoms with Crippen molar-refractivity contribution in [1.82, 2.24) is 4.57 Å². The van der Waals surface area contributed by atoms with Crippen molar-refractivity contribution in [3.05, 3.63) is 344 Å². The zero-order valence-electron chi connectivity index (χ0n) is 43.4. The molecule has 12 aromatic carbocycles. The summed E-state index contributed by atoms with van der Waals surface area (Å²) in [5, 5.41) is 6.65. The van der Waals surface area contributed by atoms with Crippen LogP contribution < -0.4 is 30.5 Å². The molecule has 372 valence electrons. The molecule has 3 nitrogen and oxygen atoms in total. The lowest BCUT2D eigenvalue weighted by molar-refractivity contribution is 0.768. The number of para-hydroxylation sites is 4. The monoisotopic (exact) mass is 1020 g/mol. The van der Waals surface area contributed by atoms with Crippen molar-refractivity contribution < 1.29 is 0 Å². The van der Waals surface area contributed by atoms with Crippen molar-refractivity contribution in [3.63, 3.8) is 0 Å². The third-order valence-corrected chi connectivity index (χ3v) is 21.6. The molecule has 0 unspecified atom stereocenters. The average molecular weight is 1020 g/mol. The average Bonchev–Trinajstić information content (AvgIpc) is 3.79. The van der Waals surface area contributed by atoms with Crippen molar-refractivity contribution in [1.29, 1.82) is 0 Å². The first kappa shape index (κ1) is 46.3. The Balaban J connectivity index is 1.01. The lowest BCUT2D eigenvalue weighted by Gasteiger charge is -2.45. The Morgan fingerprint density at radius 3 is 1.48 bits per heavy atom. The number of hydrogen-bond acceptors (Lipinski definition) is 2. The normalized spacial score (nSPS) is 13.5. The summed E-state index contributed by atoms with van der Waals surface area (Å²) in [7, 11) is -3.33. The van der Waals surface area contributed by atoms with Gasteiger partial charge in [0, 0.05) is 44.7 Å². The SMILES string of the molecule is c1ccc(N(c2cccc(-c3cccc4c3[Si](c3ccccc3)(c3ccccc3)c3c(n(-c5ccccc5)c5ccccc35)N4c3ccccc3)c2)c2ccc3c(c2)C(c2ccccc2)(c2ccccc2)c2ccccc2-3)cc1. The van der Waals surface area contributed by atoms with Crippen LogP contribution in [0.25, 0.3) is 38.8 Å². The van der Waals surface area contributed by atoms with Crippen LogP contribution in [0.4, 0.5) is 34.3 Å². The Kier molecular flexibility index (Phi) is 11.1. The molecule has 4 heteroatoms. The number of nitrogens with zero attached hydrogens (tertiary/aromatic N) is 3. The minimum Gasteiger partial charge on any atom is -0.310 e. The second-order valence-corrected chi connectivity index (χ2v) is 24.4. The molecule has 1 aliphatic heterocycles. The first-order chi connectivity index (χ1) is 39.2. The van der Waals surface area contributed by atoms with Crippen LogP contribution >= 0.6 is 0 Å². The van der Waals surface area contributed by atoms with Crippen LogP contribution in [0, 0.1) is 0 Å². The van der Waals surface area contributed by atoms with Crippen LogP contribution in [-0.2, 0) is 5.41 Å². The van der Waals surface area contributed by atoms with Gasteiger partial charge in [0.05, 0.1) is 10.9 Å². The molecule has 79 heavy (non-hydrogen) atoms. The number of rotatable bonds is 10. The van der Waals surface area contributed by atoms with Gasteiger partial charge in [0.15, 0.2) is 8.07 Å². The van der Waals surface area contributed by atoms with E-state index in [4.69, 9.17) is 0 Å². The topological polar surface area (TPSA) is 11.4 Å². The zero-order valence-corrected chi connectivity index (χ0v) is 44.4. The fourth-order valence-electron chi connectivity index (χ4n) is 13.6. The smallest absolute Gasteiger partial charge is 0.187 e. The van der Waals surface area contributed by atoms with Crippen LogP contribution in [0.3, 0.4) is 0 Å². The fraction of sp³-hybridized carbons (Fsp3) is 0.0133. The van der Waals surface area contributed by atoms with Crippen molar-refractivity contribution in [2.45, 2.75) is 5.41 Å². The van der Waals surface area contributed by atoms with Crippen molar-refractivity contribution in [2.24, 2.45) is 0 Å². The molecule has 0 atom stereocenters. The number of hydrogen-bond donors (Lipinski definition) is 0. The third-order valence-electron chi connectivity index (χ3n) is 16.7. The number of aromatic nitrogens is 1. The molecule has 0 fully saturated rings. The minimum atomic E-state index is -3.33. The van der Waals surface area contributed by atoms with Crippen LogP contribution in [0.15, 0.2) is 322 Å². The van der Waals surface area contributed by atoms with E-state index >= 15 is 0 Å². The molecule has 0 radical (unpaired) electrons. The molecule has 13 aromatic rings. The Hall–Kier alpha value is -10.0. The summed E-state index contributed by atoms with van der Waals surface area (Å²) in [6.07, 6.45) is 0. The van der Waals surface area contributed by atoms with Crippen molar-refractivity contribution in [3.8, 4) is 27.9 Å². The highest BCUT2D eigenvalue weighted by atomic mass is 28.3. The predicted octanol–water partition coefficient (Wildman–Crippen LogP) is 16.3. The Morgan fingerprint density at radius 1 is 0.329 bits per heavy atom. The molecule has 2 heterocycles. The van der Waals surface area contributed by atoms with Gasteiger partial charge in [-0.1, -0.05) is 249 Å². The number of benzene rings is 12. The highest BCUT2D eigenvalue weighted by Crippen LogP contribution is 2.57. The molecule has 1 aromatic heterocycles. The van der Waals surface area contributed by atoms with Crippen molar-refractivity contribution >= 4 is 74.0 Å². The molecule has 0 amide bonds. The summed E-state index contributed by atoms with van der Waals surface area (Å²) in [5.41, 5.74) is 17.2. The Bertz CT molecular complexity index is 4270. The van der Waals surface area contributed by atoms with Gasteiger partial charge < -0.3 is 4.90 Å². The zero-order chi connectivity index (χ0) is 52.3. The number of fused-ring (bicyclic) bond motifs is 7. The van der Waals surface area contributed by atoms with E-state index in [1.165, 1.54) is 82.1 Å². The van der Waals surface area contributed by atoms with Crippen molar-refractivity contribution in [2.75, 3.05) is 9.80 Å². The van der Waals surface area contributed by atoms with Crippen LogP contribution in [0.5, 0.6) is 0 Å². The maximum absolute atomic E-state index is 3.33. The maximum atomic E-state index is 2.56. The van der Waals surface area contributed by atoms with Crippen LogP contribution in [0.2, 0.25) is 0 Å². The van der Waals surface area contributed by atoms with E-state index in [-0.39, 0.29) is 0 Å². The second-order valence-electron chi connectivity index (χ2n) is 20.7. The minimum absolute atomic E-state index is 0.548. The lowest BCUT2D eigenvalue weighted by Crippen LogP contribution is -2.77. The van der Waals surface area contributed by atoms with E-state index in [1.54, 1.807) is 0 Å². The largest absolute Gasteiger partial charge is 0.310 e. The summed E-state index contributed by atoms with van der Waals surface area (Å²) >= 11 is 0. The highest BCUT2D eigenvalue weighted by Gasteiger charge is 2.53. The molecule has 0 spiro atoms. The van der Waals surface area contributed by atoms with Gasteiger partial charge >= 0.3 is 0 Å². The van der Waals surface area contributed by atoms with E-state index in [0.29, 0.717) is 0 Å². The van der Waals surface area contributed by atoms with Gasteiger partial charge in [0.25, 0.3) is 0 Å². The molecule has 0 N–H and O–H groups in total. The summed E-state index contributed by atoms with van der Waals surface area (Å²) in [5.74, 6) is 1.17.